The first-order valence-electron chi connectivity index (χ1n) is 8.65. The number of ether oxygens (including phenoxy) is 1. The van der Waals surface area contributed by atoms with E-state index in [-0.39, 0.29) is 5.60 Å². The highest BCUT2D eigenvalue weighted by Gasteiger charge is 2.38. The molecule has 2 aliphatic rings. The topological polar surface area (TPSA) is 24.5 Å². The second-order valence-electron chi connectivity index (χ2n) is 7.29. The lowest BCUT2D eigenvalue weighted by Crippen LogP contribution is -2.46. The summed E-state index contributed by atoms with van der Waals surface area (Å²) in [6.45, 7) is 12.2. The van der Waals surface area contributed by atoms with E-state index in [1.807, 2.05) is 0 Å². The maximum absolute atomic E-state index is 6.32. The Morgan fingerprint density at radius 2 is 1.80 bits per heavy atom. The van der Waals surface area contributed by atoms with Crippen molar-refractivity contribution in [1.82, 2.24) is 10.2 Å². The number of hydrogen-bond acceptors (Lipinski definition) is 3. The van der Waals surface area contributed by atoms with Crippen LogP contribution in [0.3, 0.4) is 0 Å². The predicted molar refractivity (Wildman–Crippen MR) is 85.2 cm³/mol. The summed E-state index contributed by atoms with van der Waals surface area (Å²) in [6.07, 6.45) is 7.84. The van der Waals surface area contributed by atoms with E-state index in [0.29, 0.717) is 12.1 Å². The van der Waals surface area contributed by atoms with E-state index in [1.54, 1.807) is 0 Å². The second-order valence-corrected chi connectivity index (χ2v) is 7.29. The molecule has 1 N–H and O–H groups in total. The number of rotatable bonds is 10. The zero-order valence-corrected chi connectivity index (χ0v) is 14.0. The molecule has 0 aromatic carbocycles. The third kappa shape index (κ3) is 4.71. The van der Waals surface area contributed by atoms with Crippen LogP contribution in [0.15, 0.2) is 0 Å². The van der Waals surface area contributed by atoms with E-state index >= 15 is 0 Å². The summed E-state index contributed by atoms with van der Waals surface area (Å²) in [6, 6.07) is 2.03. The lowest BCUT2D eigenvalue weighted by molar-refractivity contribution is -0.111. The van der Waals surface area contributed by atoms with Crippen LogP contribution in [-0.4, -0.2) is 48.3 Å². The molecule has 0 radical (unpaired) electrons. The van der Waals surface area contributed by atoms with Gasteiger partial charge in [0.25, 0.3) is 0 Å². The molecular weight excluding hydrogens is 248 g/mol. The van der Waals surface area contributed by atoms with E-state index in [1.165, 1.54) is 38.5 Å². The Kier molecular flexibility index (Phi) is 5.88. The van der Waals surface area contributed by atoms with Crippen molar-refractivity contribution >= 4 is 0 Å². The van der Waals surface area contributed by atoms with Crippen LogP contribution in [0, 0.1) is 0 Å². The smallest absolute Gasteiger partial charge is 0.0695 e. The molecule has 3 nitrogen and oxygen atoms in total. The van der Waals surface area contributed by atoms with E-state index in [4.69, 9.17) is 4.74 Å². The molecule has 0 atom stereocenters. The molecule has 2 rings (SSSR count). The van der Waals surface area contributed by atoms with Crippen LogP contribution in [0.25, 0.3) is 0 Å². The summed E-state index contributed by atoms with van der Waals surface area (Å²) in [4.78, 5) is 2.52. The van der Waals surface area contributed by atoms with Crippen LogP contribution < -0.4 is 5.32 Å². The fourth-order valence-electron chi connectivity index (χ4n) is 3.31. The van der Waals surface area contributed by atoms with Crippen molar-refractivity contribution < 1.29 is 4.74 Å². The highest BCUT2D eigenvalue weighted by atomic mass is 16.5. The minimum Gasteiger partial charge on any atom is -0.374 e. The van der Waals surface area contributed by atoms with Crippen molar-refractivity contribution in [3.63, 3.8) is 0 Å². The van der Waals surface area contributed by atoms with Crippen LogP contribution in [0.5, 0.6) is 0 Å². The van der Waals surface area contributed by atoms with Gasteiger partial charge in [0.2, 0.25) is 0 Å². The predicted octanol–water partition coefficient (Wildman–Crippen LogP) is 3.19. The van der Waals surface area contributed by atoms with Crippen molar-refractivity contribution in [2.24, 2.45) is 0 Å². The van der Waals surface area contributed by atoms with Crippen molar-refractivity contribution in [1.29, 1.82) is 0 Å². The van der Waals surface area contributed by atoms with E-state index in [9.17, 15) is 0 Å². The molecule has 0 aromatic heterocycles. The Balaban J connectivity index is 1.66. The summed E-state index contributed by atoms with van der Waals surface area (Å²) in [5, 5.41) is 3.63. The molecule has 0 spiro atoms. The average Bonchev–Trinajstić information content (AvgIpc) is 3.13. The average molecular weight is 282 g/mol. The molecule has 2 fully saturated rings. The molecule has 0 aliphatic heterocycles. The Hall–Kier alpha value is -0.120. The molecule has 0 aromatic rings. The van der Waals surface area contributed by atoms with Crippen LogP contribution >= 0.6 is 0 Å². The third-order valence-electron chi connectivity index (χ3n) is 4.94. The lowest BCUT2D eigenvalue weighted by Gasteiger charge is -2.43. The quantitative estimate of drug-likeness (QED) is 0.666. The van der Waals surface area contributed by atoms with Gasteiger partial charge in [0.05, 0.1) is 12.2 Å². The summed E-state index contributed by atoms with van der Waals surface area (Å²) in [5.41, 5.74) is 0.210. The van der Waals surface area contributed by atoms with Gasteiger partial charge in [-0.3, -0.25) is 4.90 Å². The van der Waals surface area contributed by atoms with Crippen molar-refractivity contribution in [2.45, 2.75) is 89.9 Å². The Bertz CT molecular complexity index is 275. The molecule has 2 saturated carbocycles. The SMILES string of the molecule is CC(C)N(CCOC1(CCNC2CC2)CCC1)C(C)C. The van der Waals surface area contributed by atoms with Gasteiger partial charge in [0, 0.05) is 24.7 Å². The molecule has 0 bridgehead atoms. The maximum atomic E-state index is 6.32. The first kappa shape index (κ1) is 16.3. The van der Waals surface area contributed by atoms with Gasteiger partial charge in [-0.25, -0.2) is 0 Å². The Labute approximate surface area is 125 Å². The van der Waals surface area contributed by atoms with Gasteiger partial charge in [-0.05, 0) is 72.8 Å². The van der Waals surface area contributed by atoms with E-state index < -0.39 is 0 Å². The summed E-state index contributed by atoms with van der Waals surface area (Å²) >= 11 is 0. The maximum Gasteiger partial charge on any atom is 0.0695 e. The molecule has 118 valence electrons. The molecule has 0 heterocycles. The zero-order chi connectivity index (χ0) is 14.6. The van der Waals surface area contributed by atoms with Crippen LogP contribution in [0.1, 0.15) is 66.2 Å². The lowest BCUT2D eigenvalue weighted by atomic mass is 9.77. The van der Waals surface area contributed by atoms with E-state index in [2.05, 4.69) is 37.9 Å². The Morgan fingerprint density at radius 1 is 1.15 bits per heavy atom. The number of hydrogen-bond donors (Lipinski definition) is 1. The largest absolute Gasteiger partial charge is 0.374 e. The molecule has 0 unspecified atom stereocenters. The molecule has 20 heavy (non-hydrogen) atoms. The van der Waals surface area contributed by atoms with Gasteiger partial charge < -0.3 is 10.1 Å². The first-order chi connectivity index (χ1) is 9.52. The van der Waals surface area contributed by atoms with Crippen molar-refractivity contribution in [3.8, 4) is 0 Å². The Morgan fingerprint density at radius 3 is 2.25 bits per heavy atom. The van der Waals surface area contributed by atoms with Crippen LogP contribution in [0.2, 0.25) is 0 Å². The molecular formula is C17H34N2O. The standard InChI is InChI=1S/C17H34N2O/c1-14(2)19(15(3)4)12-13-20-17(8-5-9-17)10-11-18-16-6-7-16/h14-16,18H,5-13H2,1-4H3. The zero-order valence-electron chi connectivity index (χ0n) is 14.0. The van der Waals surface area contributed by atoms with Gasteiger partial charge in [-0.2, -0.15) is 0 Å². The summed E-state index contributed by atoms with van der Waals surface area (Å²) in [7, 11) is 0. The molecule has 2 aliphatic carbocycles. The highest BCUT2D eigenvalue weighted by molar-refractivity contribution is 4.91. The minimum atomic E-state index is 0.210. The number of nitrogens with one attached hydrogen (secondary N) is 1. The fourth-order valence-corrected chi connectivity index (χ4v) is 3.31. The van der Waals surface area contributed by atoms with Gasteiger partial charge in [0.15, 0.2) is 0 Å². The van der Waals surface area contributed by atoms with Gasteiger partial charge in [0.1, 0.15) is 0 Å². The minimum absolute atomic E-state index is 0.210. The van der Waals surface area contributed by atoms with E-state index in [0.717, 1.165) is 25.7 Å². The van der Waals surface area contributed by atoms with Crippen LogP contribution in [-0.2, 0) is 4.74 Å². The second kappa shape index (κ2) is 7.24. The molecule has 0 amide bonds. The normalized spacial score (nSPS) is 21.8. The third-order valence-corrected chi connectivity index (χ3v) is 4.94. The summed E-state index contributed by atoms with van der Waals surface area (Å²) < 4.78 is 6.32. The van der Waals surface area contributed by atoms with Gasteiger partial charge >= 0.3 is 0 Å². The van der Waals surface area contributed by atoms with Crippen molar-refractivity contribution in [2.75, 3.05) is 19.7 Å². The van der Waals surface area contributed by atoms with Gasteiger partial charge in [-0.15, -0.1) is 0 Å². The highest BCUT2D eigenvalue weighted by Crippen LogP contribution is 2.38. The van der Waals surface area contributed by atoms with Gasteiger partial charge in [-0.1, -0.05) is 0 Å². The monoisotopic (exact) mass is 282 g/mol. The molecule has 3 heteroatoms. The number of nitrogens with zero attached hydrogens (tertiary/aromatic N) is 1. The summed E-state index contributed by atoms with van der Waals surface area (Å²) in [5.74, 6) is 0. The first-order valence-corrected chi connectivity index (χ1v) is 8.65. The van der Waals surface area contributed by atoms with Crippen LogP contribution in [0.4, 0.5) is 0 Å². The molecule has 0 saturated heterocycles. The fraction of sp³-hybridized carbons (Fsp3) is 1.00. The van der Waals surface area contributed by atoms with Crippen molar-refractivity contribution in [3.05, 3.63) is 0 Å².